The van der Waals surface area contributed by atoms with Gasteiger partial charge < -0.3 is 5.32 Å². The van der Waals surface area contributed by atoms with E-state index in [4.69, 9.17) is 11.6 Å². The second kappa shape index (κ2) is 15.2. The molecule has 0 heterocycles. The van der Waals surface area contributed by atoms with E-state index in [2.05, 4.69) is 12.2 Å². The molecule has 0 aliphatic rings. The predicted molar refractivity (Wildman–Crippen MR) is 100 cm³/mol. The van der Waals surface area contributed by atoms with Gasteiger partial charge in [0.25, 0.3) is 0 Å². The fraction of sp³-hybridized carbons (Fsp3) is 0.632. The summed E-state index contributed by atoms with van der Waals surface area (Å²) in [6.07, 6.45) is 0.907. The molecule has 8 heteroatoms. The maximum atomic E-state index is 11.7. The van der Waals surface area contributed by atoms with Gasteiger partial charge in [0, 0.05) is 70.8 Å². The van der Waals surface area contributed by atoms with Crippen molar-refractivity contribution in [1.29, 1.82) is 0 Å². The number of carbonyl (C=O) groups is 6. The van der Waals surface area contributed by atoms with E-state index < -0.39 is 0 Å². The normalized spacial score (nSPS) is 10.3. The van der Waals surface area contributed by atoms with Gasteiger partial charge >= 0.3 is 0 Å². The molecule has 1 radical (unpaired) electrons. The number of rotatable bonds is 17. The standard InChI is InChI=1S/C19H27ClNO6/c1-2-14(22)3-4-15(23)5-6-16(24)7-8-17(25)9-10-18(26)11-12-21-19(27)13-20/h1-13H2,(H,21,27). The number of carbonyl (C=O) groups excluding carboxylic acids is 6. The summed E-state index contributed by atoms with van der Waals surface area (Å²) in [7, 11) is 0. The number of halogens is 1. The average molecular weight is 401 g/mol. The first-order valence-electron chi connectivity index (χ1n) is 8.98. The largest absolute Gasteiger partial charge is 0.355 e. The molecule has 7 nitrogen and oxygen atoms in total. The fourth-order valence-electron chi connectivity index (χ4n) is 2.13. The first-order valence-corrected chi connectivity index (χ1v) is 9.52. The van der Waals surface area contributed by atoms with E-state index in [1.54, 1.807) is 0 Å². The van der Waals surface area contributed by atoms with Crippen LogP contribution in [-0.2, 0) is 28.8 Å². The van der Waals surface area contributed by atoms with Crippen LogP contribution < -0.4 is 5.32 Å². The lowest BCUT2D eigenvalue weighted by Crippen LogP contribution is -2.26. The Labute approximate surface area is 164 Å². The number of alkyl halides is 1. The molecular weight excluding hydrogens is 374 g/mol. The van der Waals surface area contributed by atoms with Crippen molar-refractivity contribution < 1.29 is 28.8 Å². The van der Waals surface area contributed by atoms with Crippen LogP contribution in [0.1, 0.15) is 64.2 Å². The highest BCUT2D eigenvalue weighted by atomic mass is 35.5. The molecule has 1 N–H and O–H groups in total. The van der Waals surface area contributed by atoms with Crippen molar-refractivity contribution in [1.82, 2.24) is 5.32 Å². The molecule has 27 heavy (non-hydrogen) atoms. The van der Waals surface area contributed by atoms with Crippen molar-refractivity contribution in [2.45, 2.75) is 64.2 Å². The number of ketones is 5. The molecule has 1 amide bonds. The Bertz CT molecular complexity index is 558. The Morgan fingerprint density at radius 2 is 0.926 bits per heavy atom. The summed E-state index contributed by atoms with van der Waals surface area (Å²) in [5.74, 6) is -1.28. The molecule has 0 aromatic carbocycles. The molecule has 0 unspecified atom stereocenters. The Hall–Kier alpha value is -1.89. The van der Waals surface area contributed by atoms with Crippen LogP contribution in [0.5, 0.6) is 0 Å². The molecule has 0 aliphatic carbocycles. The Morgan fingerprint density at radius 1 is 0.593 bits per heavy atom. The van der Waals surface area contributed by atoms with Crippen molar-refractivity contribution in [3.8, 4) is 0 Å². The number of hydrogen-bond acceptors (Lipinski definition) is 6. The van der Waals surface area contributed by atoms with Gasteiger partial charge in [-0.25, -0.2) is 0 Å². The van der Waals surface area contributed by atoms with Crippen LogP contribution >= 0.6 is 11.6 Å². The summed E-state index contributed by atoms with van der Waals surface area (Å²) in [4.78, 5) is 68.6. The Kier molecular flexibility index (Phi) is 14.1. The summed E-state index contributed by atoms with van der Waals surface area (Å²) in [6.45, 7) is 3.63. The summed E-state index contributed by atoms with van der Waals surface area (Å²) in [6, 6.07) is 0. The van der Waals surface area contributed by atoms with E-state index in [9.17, 15) is 28.8 Å². The molecule has 0 aliphatic heterocycles. The van der Waals surface area contributed by atoms with Crippen LogP contribution in [-0.4, -0.2) is 47.2 Å². The molecule has 0 spiro atoms. The third-order valence-corrected chi connectivity index (χ3v) is 4.10. The molecule has 0 fully saturated rings. The highest BCUT2D eigenvalue weighted by molar-refractivity contribution is 6.27. The zero-order valence-electron chi connectivity index (χ0n) is 15.5. The van der Waals surface area contributed by atoms with Gasteiger partial charge in [-0.15, -0.1) is 11.6 Å². The zero-order valence-corrected chi connectivity index (χ0v) is 16.3. The summed E-state index contributed by atoms with van der Waals surface area (Å²) < 4.78 is 0. The molecule has 0 atom stereocenters. The van der Waals surface area contributed by atoms with Crippen molar-refractivity contribution >= 4 is 46.4 Å². The molecular formula is C19H27ClNO6. The second-order valence-electron chi connectivity index (χ2n) is 6.18. The van der Waals surface area contributed by atoms with Crippen LogP contribution in [0.25, 0.3) is 0 Å². The van der Waals surface area contributed by atoms with Crippen LogP contribution in [0, 0.1) is 6.92 Å². The monoisotopic (exact) mass is 400 g/mol. The topological polar surface area (TPSA) is 114 Å². The molecule has 151 valence electrons. The van der Waals surface area contributed by atoms with Gasteiger partial charge in [0.15, 0.2) is 0 Å². The number of amides is 1. The van der Waals surface area contributed by atoms with Crippen molar-refractivity contribution in [3.63, 3.8) is 0 Å². The minimum atomic E-state index is -0.355. The van der Waals surface area contributed by atoms with Gasteiger partial charge in [-0.3, -0.25) is 28.8 Å². The third-order valence-electron chi connectivity index (χ3n) is 3.86. The second-order valence-corrected chi connectivity index (χ2v) is 6.44. The first kappa shape index (κ1) is 25.1. The van der Waals surface area contributed by atoms with Crippen molar-refractivity contribution in [2.75, 3.05) is 12.4 Å². The molecule has 0 aromatic heterocycles. The van der Waals surface area contributed by atoms with E-state index in [1.165, 1.54) is 0 Å². The van der Waals surface area contributed by atoms with Gasteiger partial charge in [0.05, 0.1) is 0 Å². The lowest BCUT2D eigenvalue weighted by molar-refractivity contribution is -0.127. The minimum Gasteiger partial charge on any atom is -0.355 e. The zero-order chi connectivity index (χ0) is 20.7. The smallest absolute Gasteiger partial charge is 0.234 e. The highest BCUT2D eigenvalue weighted by Crippen LogP contribution is 2.07. The number of hydrogen-bond donors (Lipinski definition) is 1. The average Bonchev–Trinajstić information content (AvgIpc) is 2.66. The van der Waals surface area contributed by atoms with Crippen LogP contribution in [0.3, 0.4) is 0 Å². The molecule has 0 rings (SSSR count). The maximum Gasteiger partial charge on any atom is 0.234 e. The van der Waals surface area contributed by atoms with Crippen LogP contribution in [0.4, 0.5) is 0 Å². The van der Waals surface area contributed by atoms with Crippen LogP contribution in [0.2, 0.25) is 0 Å². The van der Waals surface area contributed by atoms with Gasteiger partial charge in [-0.2, -0.15) is 0 Å². The van der Waals surface area contributed by atoms with Crippen LogP contribution in [0.15, 0.2) is 0 Å². The van der Waals surface area contributed by atoms with Gasteiger partial charge in [0.2, 0.25) is 5.91 Å². The predicted octanol–water partition coefficient (Wildman–Crippen LogP) is 1.92. The molecule has 0 saturated heterocycles. The van der Waals surface area contributed by atoms with E-state index in [0.717, 1.165) is 0 Å². The highest BCUT2D eigenvalue weighted by Gasteiger charge is 2.12. The Balaban J connectivity index is 3.80. The van der Waals surface area contributed by atoms with E-state index in [-0.39, 0.29) is 111 Å². The van der Waals surface area contributed by atoms with Crippen molar-refractivity contribution in [2.24, 2.45) is 0 Å². The third kappa shape index (κ3) is 14.9. The van der Waals surface area contributed by atoms with E-state index in [0.29, 0.717) is 0 Å². The first-order chi connectivity index (χ1) is 12.8. The summed E-state index contributed by atoms with van der Waals surface area (Å²) in [5, 5.41) is 2.46. The number of nitrogens with one attached hydrogen (secondary N) is 1. The molecule has 0 saturated carbocycles. The maximum absolute atomic E-state index is 11.7. The lowest BCUT2D eigenvalue weighted by Gasteiger charge is -2.03. The van der Waals surface area contributed by atoms with E-state index >= 15 is 0 Å². The molecule has 0 bridgehead atoms. The molecule has 0 aromatic rings. The SMILES string of the molecule is [CH2]CC(=O)CCC(=O)CCC(=O)CCC(=O)CCC(=O)CCNC(=O)CCl. The fourth-order valence-corrected chi connectivity index (χ4v) is 2.22. The van der Waals surface area contributed by atoms with Gasteiger partial charge in [0.1, 0.15) is 34.8 Å². The van der Waals surface area contributed by atoms with Gasteiger partial charge in [-0.05, 0) is 6.92 Å². The van der Waals surface area contributed by atoms with E-state index in [1.807, 2.05) is 0 Å². The van der Waals surface area contributed by atoms with Crippen molar-refractivity contribution in [3.05, 3.63) is 6.92 Å². The summed E-state index contributed by atoms with van der Waals surface area (Å²) >= 11 is 5.30. The number of Topliss-reactive ketones (excluding diaryl/α,β-unsaturated/α-hetero) is 5. The quantitative estimate of drug-likeness (QED) is 0.373. The summed E-state index contributed by atoms with van der Waals surface area (Å²) in [5.41, 5.74) is 0. The minimum absolute atomic E-state index is 0.0449. The van der Waals surface area contributed by atoms with Gasteiger partial charge in [-0.1, -0.05) is 0 Å². The Morgan fingerprint density at radius 3 is 1.26 bits per heavy atom. The lowest BCUT2D eigenvalue weighted by atomic mass is 10.0.